The highest BCUT2D eigenvalue weighted by Gasteiger charge is 2.27. The van der Waals surface area contributed by atoms with Crippen LogP contribution in [0.25, 0.3) is 0 Å². The second-order valence-electron chi connectivity index (χ2n) is 6.35. The molecule has 22 heavy (non-hydrogen) atoms. The summed E-state index contributed by atoms with van der Waals surface area (Å²) in [5, 5.41) is 0. The zero-order valence-electron chi connectivity index (χ0n) is 13.8. The Kier molecular flexibility index (Phi) is 6.43. The van der Waals surface area contributed by atoms with E-state index in [2.05, 4.69) is 22.6 Å². The predicted octanol–water partition coefficient (Wildman–Crippen LogP) is 1.97. The van der Waals surface area contributed by atoms with E-state index in [1.165, 1.54) is 25.5 Å². The van der Waals surface area contributed by atoms with Gasteiger partial charge in [-0.2, -0.15) is 0 Å². The van der Waals surface area contributed by atoms with Crippen LogP contribution in [-0.2, 0) is 14.3 Å². The van der Waals surface area contributed by atoms with Crippen molar-refractivity contribution in [1.82, 2.24) is 9.80 Å². The first-order chi connectivity index (χ1) is 10.6. The van der Waals surface area contributed by atoms with Gasteiger partial charge in [0.1, 0.15) is 0 Å². The third-order valence-electron chi connectivity index (χ3n) is 4.66. The van der Waals surface area contributed by atoms with Gasteiger partial charge in [-0.3, -0.25) is 14.5 Å². The van der Waals surface area contributed by atoms with Gasteiger partial charge >= 0.3 is 5.97 Å². The van der Waals surface area contributed by atoms with Crippen LogP contribution in [0.5, 0.6) is 0 Å². The molecule has 0 aromatic carbocycles. The lowest BCUT2D eigenvalue weighted by Gasteiger charge is -2.40. The van der Waals surface area contributed by atoms with Gasteiger partial charge < -0.3 is 9.64 Å². The number of hydrogen-bond donors (Lipinski definition) is 0. The number of methoxy groups -OCH3 is 1. The van der Waals surface area contributed by atoms with E-state index < -0.39 is 0 Å². The molecule has 5 heteroatoms. The number of rotatable bonds is 5. The summed E-state index contributed by atoms with van der Waals surface area (Å²) in [4.78, 5) is 27.9. The van der Waals surface area contributed by atoms with Gasteiger partial charge in [0.15, 0.2) is 0 Å². The van der Waals surface area contributed by atoms with Crippen molar-refractivity contribution in [3.63, 3.8) is 0 Å². The standard InChI is InChI=1S/C17H28N2O3/c1-14-13-18(9-8-17(21)22-2)10-11-19(14)16(20)12-15-6-4-3-5-7-15/h6,14H,3-5,7-13H2,1-2H3/t14-/m0/s1. The lowest BCUT2D eigenvalue weighted by Crippen LogP contribution is -2.54. The average Bonchev–Trinajstić information content (AvgIpc) is 2.53. The number of esters is 1. The highest BCUT2D eigenvalue weighted by atomic mass is 16.5. The molecule has 0 aromatic rings. The Morgan fingerprint density at radius 1 is 1.32 bits per heavy atom. The summed E-state index contributed by atoms with van der Waals surface area (Å²) >= 11 is 0. The number of hydrogen-bond acceptors (Lipinski definition) is 4. The van der Waals surface area contributed by atoms with Crippen molar-refractivity contribution < 1.29 is 14.3 Å². The third-order valence-corrected chi connectivity index (χ3v) is 4.66. The molecule has 2 aliphatic rings. The van der Waals surface area contributed by atoms with Crippen molar-refractivity contribution in [3.05, 3.63) is 11.6 Å². The maximum absolute atomic E-state index is 12.5. The van der Waals surface area contributed by atoms with Crippen LogP contribution in [0.2, 0.25) is 0 Å². The van der Waals surface area contributed by atoms with E-state index in [0.29, 0.717) is 19.4 Å². The molecule has 1 aliphatic heterocycles. The molecule has 0 radical (unpaired) electrons. The second-order valence-corrected chi connectivity index (χ2v) is 6.35. The normalized spacial score (nSPS) is 23.1. The maximum atomic E-state index is 12.5. The fraction of sp³-hybridized carbons (Fsp3) is 0.765. The molecule has 5 nitrogen and oxygen atoms in total. The van der Waals surface area contributed by atoms with Crippen LogP contribution < -0.4 is 0 Å². The summed E-state index contributed by atoms with van der Waals surface area (Å²) < 4.78 is 4.68. The minimum atomic E-state index is -0.171. The summed E-state index contributed by atoms with van der Waals surface area (Å²) in [6.07, 6.45) is 7.94. The van der Waals surface area contributed by atoms with Gasteiger partial charge in [0.2, 0.25) is 5.91 Å². The number of allylic oxidation sites excluding steroid dienone is 1. The molecule has 0 aromatic heterocycles. The van der Waals surface area contributed by atoms with Crippen molar-refractivity contribution in [3.8, 4) is 0 Å². The number of carbonyl (C=O) groups excluding carboxylic acids is 2. The highest BCUT2D eigenvalue weighted by Crippen LogP contribution is 2.22. The highest BCUT2D eigenvalue weighted by molar-refractivity contribution is 5.79. The lowest BCUT2D eigenvalue weighted by molar-refractivity contribution is -0.142. The van der Waals surface area contributed by atoms with Gasteiger partial charge in [-0.05, 0) is 32.6 Å². The molecule has 1 atom stereocenters. The fourth-order valence-corrected chi connectivity index (χ4v) is 3.32. The van der Waals surface area contributed by atoms with Gasteiger partial charge in [0, 0.05) is 38.6 Å². The molecule has 0 bridgehead atoms. The van der Waals surface area contributed by atoms with Gasteiger partial charge in [-0.25, -0.2) is 0 Å². The molecular weight excluding hydrogens is 280 g/mol. The van der Waals surface area contributed by atoms with E-state index >= 15 is 0 Å². The van der Waals surface area contributed by atoms with Crippen LogP contribution >= 0.6 is 0 Å². The molecule has 2 rings (SSSR count). The van der Waals surface area contributed by atoms with Crippen LogP contribution in [-0.4, -0.2) is 61.0 Å². The van der Waals surface area contributed by atoms with Crippen LogP contribution in [0.1, 0.15) is 45.4 Å². The number of carbonyl (C=O) groups is 2. The quantitative estimate of drug-likeness (QED) is 0.575. The van der Waals surface area contributed by atoms with Gasteiger partial charge in [0.25, 0.3) is 0 Å². The average molecular weight is 308 g/mol. The molecule has 1 saturated heterocycles. The monoisotopic (exact) mass is 308 g/mol. The molecule has 0 N–H and O–H groups in total. The molecule has 0 unspecified atom stereocenters. The topological polar surface area (TPSA) is 49.9 Å². The molecular formula is C17H28N2O3. The van der Waals surface area contributed by atoms with Crippen molar-refractivity contribution >= 4 is 11.9 Å². The molecule has 1 aliphatic carbocycles. The zero-order valence-corrected chi connectivity index (χ0v) is 13.8. The summed E-state index contributed by atoms with van der Waals surface area (Å²) in [5.74, 6) is 0.0867. The van der Waals surface area contributed by atoms with Crippen molar-refractivity contribution in [2.24, 2.45) is 0 Å². The summed E-state index contributed by atoms with van der Waals surface area (Å²) in [6, 6.07) is 0.211. The Labute approximate surface area is 133 Å². The van der Waals surface area contributed by atoms with Crippen molar-refractivity contribution in [2.45, 2.75) is 51.5 Å². The Bertz CT molecular complexity index is 434. The third kappa shape index (κ3) is 4.83. The number of nitrogens with zero attached hydrogens (tertiary/aromatic N) is 2. The summed E-state index contributed by atoms with van der Waals surface area (Å²) in [6.45, 7) is 5.24. The molecule has 1 amide bonds. The van der Waals surface area contributed by atoms with E-state index in [1.807, 2.05) is 4.90 Å². The first-order valence-electron chi connectivity index (χ1n) is 8.36. The van der Waals surface area contributed by atoms with Gasteiger partial charge in [0.05, 0.1) is 13.5 Å². The summed E-state index contributed by atoms with van der Waals surface area (Å²) in [5.41, 5.74) is 1.32. The first kappa shape index (κ1) is 17.0. The maximum Gasteiger partial charge on any atom is 0.306 e. The predicted molar refractivity (Wildman–Crippen MR) is 85.4 cm³/mol. The van der Waals surface area contributed by atoms with Crippen LogP contribution in [0.4, 0.5) is 0 Å². The Morgan fingerprint density at radius 3 is 2.77 bits per heavy atom. The Morgan fingerprint density at radius 2 is 2.14 bits per heavy atom. The Hall–Kier alpha value is -1.36. The van der Waals surface area contributed by atoms with E-state index in [4.69, 9.17) is 0 Å². The van der Waals surface area contributed by atoms with E-state index in [9.17, 15) is 9.59 Å². The number of amides is 1. The molecule has 124 valence electrons. The van der Waals surface area contributed by atoms with Gasteiger partial charge in [-0.15, -0.1) is 0 Å². The van der Waals surface area contributed by atoms with E-state index in [-0.39, 0.29) is 17.9 Å². The van der Waals surface area contributed by atoms with Gasteiger partial charge in [-0.1, -0.05) is 11.6 Å². The van der Waals surface area contributed by atoms with Crippen LogP contribution in [0.15, 0.2) is 11.6 Å². The molecule has 0 spiro atoms. The Balaban J connectivity index is 1.78. The zero-order chi connectivity index (χ0) is 15.9. The fourth-order valence-electron chi connectivity index (χ4n) is 3.32. The largest absolute Gasteiger partial charge is 0.469 e. The SMILES string of the molecule is COC(=O)CCN1CCN(C(=O)CC2=CCCCC2)[C@@H](C)C1. The minimum absolute atomic E-state index is 0.171. The smallest absolute Gasteiger partial charge is 0.306 e. The lowest BCUT2D eigenvalue weighted by atomic mass is 9.96. The minimum Gasteiger partial charge on any atom is -0.469 e. The molecule has 0 saturated carbocycles. The second kappa shape index (κ2) is 8.32. The van der Waals surface area contributed by atoms with E-state index in [0.717, 1.165) is 32.5 Å². The van der Waals surface area contributed by atoms with Crippen molar-refractivity contribution in [1.29, 1.82) is 0 Å². The van der Waals surface area contributed by atoms with Crippen molar-refractivity contribution in [2.75, 3.05) is 33.3 Å². The van der Waals surface area contributed by atoms with E-state index in [1.54, 1.807) is 0 Å². The molecule has 1 fully saturated rings. The summed E-state index contributed by atoms with van der Waals surface area (Å²) in [7, 11) is 1.42. The first-order valence-corrected chi connectivity index (χ1v) is 8.36. The van der Waals surface area contributed by atoms with Crippen LogP contribution in [0.3, 0.4) is 0 Å². The molecule has 1 heterocycles. The number of ether oxygens (including phenoxy) is 1. The number of piperazine rings is 1. The van der Waals surface area contributed by atoms with Crippen LogP contribution in [0, 0.1) is 0 Å².